The largest absolute Gasteiger partial charge is 0.378 e. The third kappa shape index (κ3) is 4.12. The maximum absolute atomic E-state index is 13.7. The minimum atomic E-state index is -2.10. The molecule has 3 aromatic carbocycles. The van der Waals surface area contributed by atoms with Crippen LogP contribution < -0.4 is 14.9 Å². The molecule has 40 heavy (non-hydrogen) atoms. The van der Waals surface area contributed by atoms with E-state index in [0.29, 0.717) is 16.6 Å². The van der Waals surface area contributed by atoms with Crippen molar-refractivity contribution in [1.29, 1.82) is 0 Å². The van der Waals surface area contributed by atoms with Crippen molar-refractivity contribution < 1.29 is 14.2 Å². The number of carbonyl (C=O) groups is 1. The smallest absolute Gasteiger partial charge is 0.366 e. The fourth-order valence-electron chi connectivity index (χ4n) is 5.59. The molecule has 1 aliphatic heterocycles. The number of fused-ring (bicyclic) bond motifs is 3. The minimum Gasteiger partial charge on any atom is -0.378 e. The zero-order valence-electron chi connectivity index (χ0n) is 23.6. The lowest BCUT2D eigenvalue weighted by Crippen LogP contribution is -2.49. The standard InChI is InChI=1S/C32H32N5O2Si/c1-35(2)21-15-17-25-29(19-21)40(5,6)30-20-22(36(3)4)16-18-26(30)31(25)23-11-7-8-12-24(23)32(38)39-37-28-14-10-9-13-27(28)33-34-37/h7-20H,1-6H3/q+1. The van der Waals surface area contributed by atoms with Crippen molar-refractivity contribution in [3.8, 4) is 0 Å². The molecule has 6 rings (SSSR count). The van der Waals surface area contributed by atoms with Gasteiger partial charge in [-0.05, 0) is 74.3 Å². The highest BCUT2D eigenvalue weighted by Gasteiger charge is 2.41. The second-order valence-corrected chi connectivity index (χ2v) is 15.5. The number of rotatable bonds is 4. The average molecular weight is 547 g/mol. The Labute approximate surface area is 235 Å². The van der Waals surface area contributed by atoms with Gasteiger partial charge in [-0.2, -0.15) is 0 Å². The Morgan fingerprint density at radius 3 is 2.48 bits per heavy atom. The van der Waals surface area contributed by atoms with Gasteiger partial charge in [-0.1, -0.05) is 54.3 Å². The number of nitrogens with zero attached hydrogens (tertiary/aromatic N) is 5. The minimum absolute atomic E-state index is 0.476. The molecule has 0 bridgehead atoms. The van der Waals surface area contributed by atoms with Crippen molar-refractivity contribution in [3.63, 3.8) is 0 Å². The fourth-order valence-corrected chi connectivity index (χ4v) is 8.66. The van der Waals surface area contributed by atoms with Crippen LogP contribution in [-0.4, -0.2) is 67.7 Å². The van der Waals surface area contributed by atoms with Gasteiger partial charge in [0.25, 0.3) is 0 Å². The summed E-state index contributed by atoms with van der Waals surface area (Å²) in [6, 6.07) is 21.8. The van der Waals surface area contributed by atoms with Crippen molar-refractivity contribution in [2.75, 3.05) is 33.1 Å². The van der Waals surface area contributed by atoms with Crippen molar-refractivity contribution in [2.45, 2.75) is 13.1 Å². The number of allylic oxidation sites excluding steroid dienone is 5. The second kappa shape index (κ2) is 9.57. The van der Waals surface area contributed by atoms with Crippen LogP contribution in [0.15, 0.2) is 95.7 Å². The summed E-state index contributed by atoms with van der Waals surface area (Å²) >= 11 is 0. The predicted octanol–water partition coefficient (Wildman–Crippen LogP) is 4.25. The highest BCUT2D eigenvalue weighted by molar-refractivity contribution is 6.98. The van der Waals surface area contributed by atoms with E-state index in [1.807, 2.05) is 48.5 Å². The normalized spacial score (nSPS) is 15.4. The van der Waals surface area contributed by atoms with Crippen molar-refractivity contribution >= 4 is 47.2 Å². The summed E-state index contributed by atoms with van der Waals surface area (Å²) in [5, 5.41) is 10.9. The summed E-state index contributed by atoms with van der Waals surface area (Å²) < 4.78 is 2.14. The Kier molecular flexibility index (Phi) is 6.15. The molecule has 2 aliphatic rings. The molecule has 0 unspecified atom stereocenters. The molecular formula is C32H32N5O2Si+. The number of carbonyl (C=O) groups excluding carboxylic acids is 1. The van der Waals surface area contributed by atoms with E-state index in [9.17, 15) is 4.79 Å². The maximum Gasteiger partial charge on any atom is 0.366 e. The fraction of sp³-hybridized carbons (Fsp3) is 0.188. The Morgan fingerprint density at radius 2 is 1.70 bits per heavy atom. The molecule has 0 radical (unpaired) electrons. The zero-order valence-corrected chi connectivity index (χ0v) is 24.6. The molecule has 0 atom stereocenters. The first kappa shape index (κ1) is 25.7. The summed E-state index contributed by atoms with van der Waals surface area (Å²) in [7, 11) is 6.18. The molecule has 1 aromatic heterocycles. The van der Waals surface area contributed by atoms with Crippen molar-refractivity contribution in [1.82, 2.24) is 15.2 Å². The van der Waals surface area contributed by atoms with Gasteiger partial charge in [-0.15, -0.1) is 5.10 Å². The van der Waals surface area contributed by atoms with Crippen LogP contribution in [0.4, 0.5) is 5.69 Å². The topological polar surface area (TPSA) is 63.3 Å². The van der Waals surface area contributed by atoms with Gasteiger partial charge in [-0.25, -0.2) is 9.37 Å². The number of hydrogen-bond donors (Lipinski definition) is 0. The number of hydrogen-bond acceptors (Lipinski definition) is 5. The summed E-state index contributed by atoms with van der Waals surface area (Å²) in [5.74, 6) is -0.487. The van der Waals surface area contributed by atoms with E-state index in [0.717, 1.165) is 22.5 Å². The third-order valence-corrected chi connectivity index (χ3v) is 11.4. The number of para-hydroxylation sites is 1. The van der Waals surface area contributed by atoms with Crippen LogP contribution in [0.2, 0.25) is 13.1 Å². The Hall–Kier alpha value is -4.56. The van der Waals surface area contributed by atoms with Gasteiger partial charge in [0.2, 0.25) is 0 Å². The molecule has 7 nitrogen and oxygen atoms in total. The van der Waals surface area contributed by atoms with Crippen LogP contribution in [0.25, 0.3) is 16.6 Å². The molecular weight excluding hydrogens is 514 g/mol. The summed E-state index contributed by atoms with van der Waals surface area (Å²) in [6.07, 6.45) is 6.70. The highest BCUT2D eigenvalue weighted by atomic mass is 28.3. The highest BCUT2D eigenvalue weighted by Crippen LogP contribution is 2.42. The molecule has 0 saturated heterocycles. The summed E-state index contributed by atoms with van der Waals surface area (Å²) in [5.41, 5.74) is 8.31. The molecule has 0 spiro atoms. The number of anilines is 1. The lowest BCUT2D eigenvalue weighted by Gasteiger charge is -2.38. The van der Waals surface area contributed by atoms with E-state index >= 15 is 0 Å². The van der Waals surface area contributed by atoms with E-state index in [1.165, 1.54) is 26.4 Å². The van der Waals surface area contributed by atoms with Crippen LogP contribution in [0, 0.1) is 0 Å². The first-order valence-electron chi connectivity index (χ1n) is 13.3. The average Bonchev–Trinajstić information content (AvgIpc) is 3.35. The maximum atomic E-state index is 13.7. The molecule has 4 aromatic rings. The SMILES string of the molecule is CN(C)c1ccc2c(c1)[Si](C)(C)C1=CC(=[N+](C)C)C=CC1=C2c1ccccc1C(=O)On1nnc2ccccc21. The van der Waals surface area contributed by atoms with Crippen molar-refractivity contribution in [2.24, 2.45) is 0 Å². The van der Waals surface area contributed by atoms with Gasteiger partial charge < -0.3 is 9.74 Å². The lowest BCUT2D eigenvalue weighted by molar-refractivity contribution is -0.462. The molecule has 0 saturated carbocycles. The third-order valence-electron chi connectivity index (χ3n) is 7.83. The molecule has 0 N–H and O–H groups in total. The molecule has 200 valence electrons. The van der Waals surface area contributed by atoms with Gasteiger partial charge in [0.15, 0.2) is 5.71 Å². The second-order valence-electron chi connectivity index (χ2n) is 11.1. The Balaban J connectivity index is 1.56. The molecule has 0 fully saturated rings. The van der Waals surface area contributed by atoms with Crippen LogP contribution in [0.5, 0.6) is 0 Å². The van der Waals surface area contributed by atoms with E-state index in [1.54, 1.807) is 0 Å². The Bertz CT molecular complexity index is 1820. The van der Waals surface area contributed by atoms with Crippen LogP contribution in [0.1, 0.15) is 21.5 Å². The van der Waals surface area contributed by atoms with E-state index < -0.39 is 14.0 Å². The first-order valence-corrected chi connectivity index (χ1v) is 16.3. The van der Waals surface area contributed by atoms with Gasteiger partial charge in [0.05, 0.1) is 5.56 Å². The molecule has 2 heterocycles. The van der Waals surface area contributed by atoms with Gasteiger partial charge in [0, 0.05) is 31.9 Å². The van der Waals surface area contributed by atoms with Crippen LogP contribution >= 0.6 is 0 Å². The first-order chi connectivity index (χ1) is 19.2. The van der Waals surface area contributed by atoms with Crippen LogP contribution in [0.3, 0.4) is 0 Å². The monoisotopic (exact) mass is 546 g/mol. The quantitative estimate of drug-likeness (QED) is 0.218. The Morgan fingerprint density at radius 1 is 0.950 bits per heavy atom. The summed E-state index contributed by atoms with van der Waals surface area (Å²) in [4.78, 5) is 22.9. The zero-order chi connectivity index (χ0) is 28.2. The summed E-state index contributed by atoms with van der Waals surface area (Å²) in [6.45, 7) is 4.83. The molecule has 8 heteroatoms. The van der Waals surface area contributed by atoms with E-state index in [2.05, 4.69) is 97.5 Å². The van der Waals surface area contributed by atoms with Gasteiger partial charge in [-0.3, -0.25) is 0 Å². The predicted molar refractivity (Wildman–Crippen MR) is 163 cm³/mol. The molecule has 0 amide bonds. The molecule has 1 aliphatic carbocycles. The number of aromatic nitrogens is 3. The van der Waals surface area contributed by atoms with Crippen molar-refractivity contribution in [3.05, 3.63) is 112 Å². The van der Waals surface area contributed by atoms with E-state index in [-0.39, 0.29) is 0 Å². The lowest BCUT2D eigenvalue weighted by atomic mass is 9.87. The van der Waals surface area contributed by atoms with Gasteiger partial charge >= 0.3 is 5.97 Å². The van der Waals surface area contributed by atoms with Crippen LogP contribution in [-0.2, 0) is 0 Å². The van der Waals surface area contributed by atoms with E-state index in [4.69, 9.17) is 4.84 Å². The number of benzene rings is 3. The van der Waals surface area contributed by atoms with Gasteiger partial charge in [0.1, 0.15) is 33.2 Å².